The highest BCUT2D eigenvalue weighted by Gasteiger charge is 2.11. The Labute approximate surface area is 132 Å². The van der Waals surface area contributed by atoms with Crippen molar-refractivity contribution in [2.24, 2.45) is 0 Å². The predicted molar refractivity (Wildman–Crippen MR) is 92.2 cm³/mol. The maximum absolute atomic E-state index is 9.97. The Hall–Kier alpha value is -2.36. The van der Waals surface area contributed by atoms with E-state index in [4.69, 9.17) is 0 Å². The van der Waals surface area contributed by atoms with E-state index in [0.29, 0.717) is 0 Å². The van der Waals surface area contributed by atoms with Gasteiger partial charge in [0, 0.05) is 27.2 Å². The molecule has 2 N–H and O–H groups in total. The van der Waals surface area contributed by atoms with E-state index in [1.807, 2.05) is 62.0 Å². The van der Waals surface area contributed by atoms with Crippen molar-refractivity contribution in [3.8, 4) is 11.5 Å². The zero-order chi connectivity index (χ0) is 16.3. The first-order chi connectivity index (χ1) is 10.4. The van der Waals surface area contributed by atoms with Crippen LogP contribution in [0.2, 0.25) is 0 Å². The molecule has 0 saturated carbocycles. The summed E-state index contributed by atoms with van der Waals surface area (Å²) >= 11 is 0. The molecular weight excluding hydrogens is 276 g/mol. The van der Waals surface area contributed by atoms with E-state index in [9.17, 15) is 10.2 Å². The number of phenolic OH excluding ortho intramolecular Hbond substituents is 2. The molecule has 4 heteroatoms. The fourth-order valence-electron chi connectivity index (χ4n) is 2.42. The van der Waals surface area contributed by atoms with Crippen molar-refractivity contribution in [1.29, 1.82) is 0 Å². The van der Waals surface area contributed by atoms with Gasteiger partial charge in [0.1, 0.15) is 11.5 Å². The zero-order valence-corrected chi connectivity index (χ0v) is 13.7. The Kier molecular flexibility index (Phi) is 4.81. The second-order valence-electron chi connectivity index (χ2n) is 5.83. The van der Waals surface area contributed by atoms with Crippen molar-refractivity contribution in [3.63, 3.8) is 0 Å². The van der Waals surface area contributed by atoms with E-state index < -0.39 is 0 Å². The third kappa shape index (κ3) is 3.64. The number of hydrogen-bond acceptors (Lipinski definition) is 4. The monoisotopic (exact) mass is 300 g/mol. The molecule has 0 fully saturated rings. The predicted octanol–water partition coefficient (Wildman–Crippen LogP) is 3.29. The summed E-state index contributed by atoms with van der Waals surface area (Å²) in [5.74, 6) is 0.573. The van der Waals surface area contributed by atoms with E-state index in [-0.39, 0.29) is 11.5 Å². The molecule has 0 unspecified atom stereocenters. The van der Waals surface area contributed by atoms with Gasteiger partial charge in [0.25, 0.3) is 0 Å². The Morgan fingerprint density at radius 2 is 1.09 bits per heavy atom. The van der Waals surface area contributed by atoms with Crippen LogP contribution in [-0.4, -0.2) is 37.4 Å². The van der Waals surface area contributed by atoms with Crippen LogP contribution in [0.4, 0.5) is 11.4 Å². The Morgan fingerprint density at radius 1 is 0.727 bits per heavy atom. The lowest BCUT2D eigenvalue weighted by Crippen LogP contribution is -2.30. The third-order valence-electron chi connectivity index (χ3n) is 3.86. The molecule has 0 saturated heterocycles. The molecule has 0 spiro atoms. The number of aryl methyl sites for hydroxylation is 2. The summed E-state index contributed by atoms with van der Waals surface area (Å²) in [7, 11) is 3.91. The minimum atomic E-state index is 0.286. The van der Waals surface area contributed by atoms with Crippen LogP contribution < -0.4 is 9.80 Å². The summed E-state index contributed by atoms with van der Waals surface area (Å²) in [6.45, 7) is 5.49. The maximum atomic E-state index is 9.97. The van der Waals surface area contributed by atoms with E-state index in [0.717, 1.165) is 35.6 Å². The van der Waals surface area contributed by atoms with Crippen LogP contribution >= 0.6 is 0 Å². The summed E-state index contributed by atoms with van der Waals surface area (Å²) in [5.41, 5.74) is 3.87. The average molecular weight is 300 g/mol. The van der Waals surface area contributed by atoms with Crippen LogP contribution in [0.5, 0.6) is 11.5 Å². The largest absolute Gasteiger partial charge is 0.506 e. The Bertz CT molecular complexity index is 598. The van der Waals surface area contributed by atoms with Gasteiger partial charge < -0.3 is 20.0 Å². The van der Waals surface area contributed by atoms with Crippen LogP contribution in [0.3, 0.4) is 0 Å². The van der Waals surface area contributed by atoms with Crippen molar-refractivity contribution >= 4 is 11.4 Å². The van der Waals surface area contributed by atoms with Gasteiger partial charge in [-0.05, 0) is 49.2 Å². The SMILES string of the molecule is Cc1ccc(O)c(N(C)CCN(C)c2cc(C)ccc2O)c1. The Morgan fingerprint density at radius 3 is 1.45 bits per heavy atom. The summed E-state index contributed by atoms with van der Waals surface area (Å²) in [6.07, 6.45) is 0. The van der Waals surface area contributed by atoms with Crippen LogP contribution in [0, 0.1) is 13.8 Å². The van der Waals surface area contributed by atoms with Crippen molar-refractivity contribution in [2.75, 3.05) is 37.0 Å². The van der Waals surface area contributed by atoms with Crippen LogP contribution in [0.25, 0.3) is 0 Å². The lowest BCUT2D eigenvalue weighted by molar-refractivity contribution is 0.473. The topological polar surface area (TPSA) is 46.9 Å². The maximum Gasteiger partial charge on any atom is 0.138 e. The van der Waals surface area contributed by atoms with Crippen molar-refractivity contribution in [1.82, 2.24) is 0 Å². The fraction of sp³-hybridized carbons (Fsp3) is 0.333. The first-order valence-corrected chi connectivity index (χ1v) is 7.40. The third-order valence-corrected chi connectivity index (χ3v) is 3.86. The number of aromatic hydroxyl groups is 2. The minimum absolute atomic E-state index is 0.286. The second-order valence-corrected chi connectivity index (χ2v) is 5.83. The van der Waals surface area contributed by atoms with E-state index in [2.05, 4.69) is 0 Å². The standard InChI is InChI=1S/C18H24N2O2/c1-13-5-7-17(21)15(11-13)19(3)9-10-20(4)16-12-14(2)6-8-18(16)22/h5-8,11-12,21-22H,9-10H2,1-4H3. The number of nitrogens with zero attached hydrogens (tertiary/aromatic N) is 2. The van der Waals surface area contributed by atoms with Gasteiger partial charge in [-0.15, -0.1) is 0 Å². The molecule has 4 nitrogen and oxygen atoms in total. The first kappa shape index (κ1) is 16.0. The second kappa shape index (κ2) is 6.60. The van der Waals surface area contributed by atoms with Gasteiger partial charge in [0.05, 0.1) is 11.4 Å². The van der Waals surface area contributed by atoms with Crippen molar-refractivity contribution in [3.05, 3.63) is 47.5 Å². The van der Waals surface area contributed by atoms with Gasteiger partial charge in [-0.3, -0.25) is 0 Å². The van der Waals surface area contributed by atoms with E-state index in [1.165, 1.54) is 0 Å². The molecule has 22 heavy (non-hydrogen) atoms. The molecule has 118 valence electrons. The highest BCUT2D eigenvalue weighted by molar-refractivity contribution is 5.60. The van der Waals surface area contributed by atoms with Crippen LogP contribution in [-0.2, 0) is 0 Å². The van der Waals surface area contributed by atoms with Gasteiger partial charge >= 0.3 is 0 Å². The lowest BCUT2D eigenvalue weighted by atomic mass is 10.2. The molecule has 0 amide bonds. The van der Waals surface area contributed by atoms with Gasteiger partial charge in [0.15, 0.2) is 0 Å². The summed E-state index contributed by atoms with van der Waals surface area (Å²) in [4.78, 5) is 4.04. The minimum Gasteiger partial charge on any atom is -0.506 e. The lowest BCUT2D eigenvalue weighted by Gasteiger charge is -2.26. The summed E-state index contributed by atoms with van der Waals surface area (Å²) in [5, 5.41) is 19.9. The number of likely N-dealkylation sites (N-methyl/N-ethyl adjacent to an activating group) is 2. The normalized spacial score (nSPS) is 10.5. The number of phenols is 2. The number of anilines is 2. The van der Waals surface area contributed by atoms with Crippen LogP contribution in [0.15, 0.2) is 36.4 Å². The molecule has 0 heterocycles. The van der Waals surface area contributed by atoms with Gasteiger partial charge in [-0.25, -0.2) is 0 Å². The first-order valence-electron chi connectivity index (χ1n) is 7.40. The quantitative estimate of drug-likeness (QED) is 0.889. The van der Waals surface area contributed by atoms with E-state index in [1.54, 1.807) is 12.1 Å². The molecule has 2 aromatic rings. The molecule has 2 aromatic carbocycles. The van der Waals surface area contributed by atoms with Gasteiger partial charge in [0.2, 0.25) is 0 Å². The van der Waals surface area contributed by atoms with Crippen molar-refractivity contribution < 1.29 is 10.2 Å². The molecule has 0 aromatic heterocycles. The molecule has 0 aliphatic carbocycles. The molecule has 0 bridgehead atoms. The fourth-order valence-corrected chi connectivity index (χ4v) is 2.42. The van der Waals surface area contributed by atoms with Crippen LogP contribution in [0.1, 0.15) is 11.1 Å². The highest BCUT2D eigenvalue weighted by Crippen LogP contribution is 2.29. The average Bonchev–Trinajstić information content (AvgIpc) is 2.49. The number of benzene rings is 2. The Balaban J connectivity index is 2.05. The van der Waals surface area contributed by atoms with Gasteiger partial charge in [-0.2, -0.15) is 0 Å². The number of hydrogen-bond donors (Lipinski definition) is 2. The van der Waals surface area contributed by atoms with Gasteiger partial charge in [-0.1, -0.05) is 12.1 Å². The summed E-state index contributed by atoms with van der Waals surface area (Å²) in [6, 6.07) is 11.2. The summed E-state index contributed by atoms with van der Waals surface area (Å²) < 4.78 is 0. The molecule has 0 atom stereocenters. The highest BCUT2D eigenvalue weighted by atomic mass is 16.3. The van der Waals surface area contributed by atoms with E-state index >= 15 is 0 Å². The molecule has 0 aliphatic heterocycles. The zero-order valence-electron chi connectivity index (χ0n) is 13.7. The molecule has 0 radical (unpaired) electrons. The smallest absolute Gasteiger partial charge is 0.138 e. The number of rotatable bonds is 5. The molecule has 2 rings (SSSR count). The van der Waals surface area contributed by atoms with Crippen molar-refractivity contribution in [2.45, 2.75) is 13.8 Å². The molecule has 0 aliphatic rings. The molecular formula is C18H24N2O2.